The van der Waals surface area contributed by atoms with Crippen molar-refractivity contribution in [3.63, 3.8) is 0 Å². The summed E-state index contributed by atoms with van der Waals surface area (Å²) in [5.41, 5.74) is 0.850. The molecule has 8 nitrogen and oxygen atoms in total. The average molecular weight is 425 g/mol. The Morgan fingerprint density at radius 2 is 1.70 bits per heavy atom. The number of para-hydroxylation sites is 1. The predicted octanol–water partition coefficient (Wildman–Crippen LogP) is 3.22. The van der Waals surface area contributed by atoms with Crippen LogP contribution in [0.3, 0.4) is 0 Å². The van der Waals surface area contributed by atoms with Gasteiger partial charge in [0, 0.05) is 11.7 Å². The summed E-state index contributed by atoms with van der Waals surface area (Å²) in [7, 11) is -3.64. The Morgan fingerprint density at radius 1 is 0.900 bits per heavy atom. The first-order valence-electron chi connectivity index (χ1n) is 9.30. The van der Waals surface area contributed by atoms with Crippen molar-refractivity contribution in [2.24, 2.45) is 0 Å². The van der Waals surface area contributed by atoms with Gasteiger partial charge in [-0.25, -0.2) is 13.1 Å². The van der Waals surface area contributed by atoms with Crippen LogP contribution in [0.5, 0.6) is 0 Å². The highest BCUT2D eigenvalue weighted by Crippen LogP contribution is 2.24. The van der Waals surface area contributed by atoms with Crippen molar-refractivity contribution in [2.45, 2.75) is 23.8 Å². The zero-order chi connectivity index (χ0) is 21.1. The van der Waals surface area contributed by atoms with Gasteiger partial charge in [0.05, 0.1) is 22.4 Å². The van der Waals surface area contributed by atoms with Crippen LogP contribution >= 0.6 is 0 Å². The Bertz CT molecular complexity index is 1180. The molecule has 154 valence electrons. The quantitative estimate of drug-likeness (QED) is 0.537. The molecule has 9 heteroatoms. The van der Waals surface area contributed by atoms with Crippen LogP contribution < -0.4 is 15.4 Å². The summed E-state index contributed by atoms with van der Waals surface area (Å²) in [6.45, 7) is 0. The van der Waals surface area contributed by atoms with Gasteiger partial charge >= 0.3 is 0 Å². The van der Waals surface area contributed by atoms with Gasteiger partial charge in [0.15, 0.2) is 5.76 Å². The molecule has 3 aromatic rings. The third kappa shape index (κ3) is 4.58. The summed E-state index contributed by atoms with van der Waals surface area (Å²) >= 11 is 0. The van der Waals surface area contributed by atoms with E-state index in [1.807, 2.05) is 0 Å². The highest BCUT2D eigenvalue weighted by atomic mass is 32.2. The molecule has 1 fully saturated rings. The van der Waals surface area contributed by atoms with Gasteiger partial charge in [-0.2, -0.15) is 0 Å². The molecule has 30 heavy (non-hydrogen) atoms. The second-order valence-electron chi connectivity index (χ2n) is 6.85. The summed E-state index contributed by atoms with van der Waals surface area (Å²) in [5.74, 6) is -0.860. The van der Waals surface area contributed by atoms with Crippen molar-refractivity contribution < 1.29 is 22.4 Å². The smallest absolute Gasteiger partial charge is 0.291 e. The molecule has 1 saturated carbocycles. The number of hydrogen-bond donors (Lipinski definition) is 3. The number of carbonyl (C=O) groups excluding carboxylic acids is 2. The van der Waals surface area contributed by atoms with E-state index < -0.39 is 21.8 Å². The molecule has 2 amide bonds. The first-order valence-corrected chi connectivity index (χ1v) is 10.8. The van der Waals surface area contributed by atoms with E-state index in [2.05, 4.69) is 15.4 Å². The van der Waals surface area contributed by atoms with E-state index in [9.17, 15) is 18.0 Å². The Balaban J connectivity index is 1.52. The molecule has 0 spiro atoms. The number of sulfonamides is 1. The van der Waals surface area contributed by atoms with Gasteiger partial charge in [0.1, 0.15) is 0 Å². The predicted molar refractivity (Wildman–Crippen MR) is 111 cm³/mol. The standard InChI is InChI=1S/C21H19N3O5S/c25-20(17-7-1-2-8-18(17)23-21(26)19-9-4-12-29-19)22-15-5-3-6-16(13-15)30(27,28)24-14-10-11-14/h1-9,12-14,24H,10-11H2,(H,22,25)(H,23,26). The third-order valence-electron chi connectivity index (χ3n) is 4.47. The molecular formula is C21H19N3O5S. The molecule has 0 saturated heterocycles. The summed E-state index contributed by atoms with van der Waals surface area (Å²) in [6.07, 6.45) is 3.04. The monoisotopic (exact) mass is 425 g/mol. The molecule has 0 atom stereocenters. The largest absolute Gasteiger partial charge is 0.459 e. The van der Waals surface area contributed by atoms with E-state index in [4.69, 9.17) is 4.42 Å². The maximum absolute atomic E-state index is 12.8. The van der Waals surface area contributed by atoms with Crippen LogP contribution in [0.1, 0.15) is 33.8 Å². The van der Waals surface area contributed by atoms with E-state index >= 15 is 0 Å². The van der Waals surface area contributed by atoms with Gasteiger partial charge in [-0.05, 0) is 55.3 Å². The molecule has 1 heterocycles. The van der Waals surface area contributed by atoms with Crippen molar-refractivity contribution in [3.05, 3.63) is 78.3 Å². The van der Waals surface area contributed by atoms with Gasteiger partial charge < -0.3 is 15.1 Å². The zero-order valence-electron chi connectivity index (χ0n) is 15.8. The summed E-state index contributed by atoms with van der Waals surface area (Å²) < 4.78 is 32.5. The van der Waals surface area contributed by atoms with Crippen molar-refractivity contribution in [1.82, 2.24) is 4.72 Å². The number of amides is 2. The van der Waals surface area contributed by atoms with Gasteiger partial charge in [0.25, 0.3) is 11.8 Å². The SMILES string of the molecule is O=C(Nc1ccccc1C(=O)Nc1cccc(S(=O)(=O)NC2CC2)c1)c1ccco1. The highest BCUT2D eigenvalue weighted by molar-refractivity contribution is 7.89. The van der Waals surface area contributed by atoms with E-state index in [1.165, 1.54) is 24.5 Å². The van der Waals surface area contributed by atoms with Crippen molar-refractivity contribution in [3.8, 4) is 0 Å². The van der Waals surface area contributed by atoms with Crippen LogP contribution in [0.25, 0.3) is 0 Å². The number of carbonyl (C=O) groups is 2. The van der Waals surface area contributed by atoms with Crippen LogP contribution in [0.2, 0.25) is 0 Å². The fourth-order valence-electron chi connectivity index (χ4n) is 2.81. The van der Waals surface area contributed by atoms with Gasteiger partial charge in [-0.1, -0.05) is 18.2 Å². The molecule has 4 rings (SSSR count). The second-order valence-corrected chi connectivity index (χ2v) is 8.57. The molecule has 1 aliphatic carbocycles. The lowest BCUT2D eigenvalue weighted by Crippen LogP contribution is -2.25. The topological polar surface area (TPSA) is 118 Å². The Morgan fingerprint density at radius 3 is 2.43 bits per heavy atom. The minimum atomic E-state index is -3.64. The fourth-order valence-corrected chi connectivity index (χ4v) is 4.16. The van der Waals surface area contributed by atoms with Crippen LogP contribution in [0, 0.1) is 0 Å². The number of rotatable bonds is 7. The first kappa shape index (κ1) is 19.9. The Kier molecular flexibility index (Phi) is 5.39. The van der Waals surface area contributed by atoms with Crippen LogP contribution in [0.4, 0.5) is 11.4 Å². The lowest BCUT2D eigenvalue weighted by Gasteiger charge is -2.12. The Hall–Kier alpha value is -3.43. The number of nitrogens with one attached hydrogen (secondary N) is 3. The van der Waals surface area contributed by atoms with E-state index in [-0.39, 0.29) is 22.3 Å². The summed E-state index contributed by atoms with van der Waals surface area (Å²) in [5, 5.41) is 5.33. The maximum Gasteiger partial charge on any atom is 0.291 e. The molecule has 0 aliphatic heterocycles. The maximum atomic E-state index is 12.8. The lowest BCUT2D eigenvalue weighted by atomic mass is 10.1. The molecule has 3 N–H and O–H groups in total. The fraction of sp³-hybridized carbons (Fsp3) is 0.143. The molecule has 0 bridgehead atoms. The molecule has 0 radical (unpaired) electrons. The van der Waals surface area contributed by atoms with Crippen molar-refractivity contribution in [1.29, 1.82) is 0 Å². The number of benzene rings is 2. The normalized spacial score (nSPS) is 13.6. The number of hydrogen-bond acceptors (Lipinski definition) is 5. The van der Waals surface area contributed by atoms with E-state index in [1.54, 1.807) is 42.5 Å². The average Bonchev–Trinajstić information content (AvgIpc) is 3.35. The van der Waals surface area contributed by atoms with Gasteiger partial charge in [0.2, 0.25) is 10.0 Å². The molecule has 1 aromatic heterocycles. The Labute approximate surface area is 173 Å². The number of anilines is 2. The van der Waals surface area contributed by atoms with Gasteiger partial charge in [-0.15, -0.1) is 0 Å². The number of furan rings is 1. The molecule has 1 aliphatic rings. The van der Waals surface area contributed by atoms with Crippen molar-refractivity contribution in [2.75, 3.05) is 10.6 Å². The molecule has 2 aromatic carbocycles. The zero-order valence-corrected chi connectivity index (χ0v) is 16.6. The summed E-state index contributed by atoms with van der Waals surface area (Å²) in [6, 6.07) is 15.6. The van der Waals surface area contributed by atoms with Crippen LogP contribution in [-0.2, 0) is 10.0 Å². The van der Waals surface area contributed by atoms with Gasteiger partial charge in [-0.3, -0.25) is 9.59 Å². The second kappa shape index (κ2) is 8.13. The first-order chi connectivity index (χ1) is 14.4. The molecule has 0 unspecified atom stereocenters. The highest BCUT2D eigenvalue weighted by Gasteiger charge is 2.28. The molecular weight excluding hydrogens is 406 g/mol. The summed E-state index contributed by atoms with van der Waals surface area (Å²) in [4.78, 5) is 25.1. The van der Waals surface area contributed by atoms with Crippen LogP contribution in [-0.4, -0.2) is 26.3 Å². The van der Waals surface area contributed by atoms with E-state index in [0.29, 0.717) is 11.4 Å². The van der Waals surface area contributed by atoms with Crippen molar-refractivity contribution >= 4 is 33.2 Å². The third-order valence-corrected chi connectivity index (χ3v) is 5.98. The minimum absolute atomic E-state index is 0.0158. The van der Waals surface area contributed by atoms with Crippen LogP contribution in [0.15, 0.2) is 76.2 Å². The lowest BCUT2D eigenvalue weighted by molar-refractivity contribution is 0.0996. The minimum Gasteiger partial charge on any atom is -0.459 e. The van der Waals surface area contributed by atoms with E-state index in [0.717, 1.165) is 12.8 Å².